The molecule has 0 saturated heterocycles. The molecule has 2 aromatic rings. The quantitative estimate of drug-likeness (QED) is 0.829. The Morgan fingerprint density at radius 3 is 2.39 bits per heavy atom. The van der Waals surface area contributed by atoms with Gasteiger partial charge in [-0.3, -0.25) is 13.9 Å². The number of imidazole rings is 1. The summed E-state index contributed by atoms with van der Waals surface area (Å²) in [6.07, 6.45) is 0.0460. The monoisotopic (exact) mass is 319 g/mol. The zero-order chi connectivity index (χ0) is 17.1. The van der Waals surface area contributed by atoms with Crippen molar-refractivity contribution in [3.63, 3.8) is 0 Å². The summed E-state index contributed by atoms with van der Waals surface area (Å²) in [4.78, 5) is 35.3. The van der Waals surface area contributed by atoms with Gasteiger partial charge < -0.3 is 10.4 Å². The number of hydrogen-bond acceptors (Lipinski definition) is 3. The minimum atomic E-state index is -1.06. The molecule has 124 valence electrons. The van der Waals surface area contributed by atoms with E-state index in [2.05, 4.69) is 5.32 Å². The molecular formula is C16H21N3O4. The van der Waals surface area contributed by atoms with Crippen LogP contribution in [0.25, 0.3) is 11.0 Å². The van der Waals surface area contributed by atoms with Crippen LogP contribution in [-0.2, 0) is 23.2 Å². The van der Waals surface area contributed by atoms with E-state index < -0.39 is 12.0 Å². The Balaban J connectivity index is 2.13. The van der Waals surface area contributed by atoms with Gasteiger partial charge in [0.15, 0.2) is 0 Å². The average molecular weight is 319 g/mol. The predicted molar refractivity (Wildman–Crippen MR) is 86.2 cm³/mol. The second-order valence-corrected chi connectivity index (χ2v) is 5.86. The van der Waals surface area contributed by atoms with Gasteiger partial charge >= 0.3 is 11.7 Å². The second-order valence-electron chi connectivity index (χ2n) is 5.86. The third-order valence-corrected chi connectivity index (χ3v) is 3.86. The van der Waals surface area contributed by atoms with Crippen molar-refractivity contribution < 1.29 is 14.7 Å². The van der Waals surface area contributed by atoms with Crippen LogP contribution in [0.2, 0.25) is 0 Å². The fourth-order valence-corrected chi connectivity index (χ4v) is 2.55. The van der Waals surface area contributed by atoms with Crippen molar-refractivity contribution in [2.45, 2.75) is 32.9 Å². The van der Waals surface area contributed by atoms with Gasteiger partial charge in [0.1, 0.15) is 6.04 Å². The largest absolute Gasteiger partial charge is 0.480 e. The van der Waals surface area contributed by atoms with E-state index in [1.165, 1.54) is 9.13 Å². The molecule has 2 N–H and O–H groups in total. The van der Waals surface area contributed by atoms with E-state index in [4.69, 9.17) is 5.11 Å². The van der Waals surface area contributed by atoms with Crippen LogP contribution in [0, 0.1) is 5.92 Å². The van der Waals surface area contributed by atoms with Crippen LogP contribution in [0.4, 0.5) is 0 Å². The number of aromatic nitrogens is 2. The van der Waals surface area contributed by atoms with Gasteiger partial charge in [0.05, 0.1) is 11.0 Å². The minimum Gasteiger partial charge on any atom is -0.480 e. The summed E-state index contributed by atoms with van der Waals surface area (Å²) in [5.74, 6) is -1.65. The van der Waals surface area contributed by atoms with E-state index in [1.54, 1.807) is 20.9 Å². The topological polar surface area (TPSA) is 93.3 Å². The Hall–Kier alpha value is -2.57. The lowest BCUT2D eigenvalue weighted by molar-refractivity contribution is -0.143. The highest BCUT2D eigenvalue weighted by Crippen LogP contribution is 2.12. The minimum absolute atomic E-state index is 0.0460. The van der Waals surface area contributed by atoms with Crippen LogP contribution >= 0.6 is 0 Å². The molecule has 0 fully saturated rings. The van der Waals surface area contributed by atoms with Crippen molar-refractivity contribution >= 4 is 22.9 Å². The summed E-state index contributed by atoms with van der Waals surface area (Å²) < 4.78 is 3.06. The lowest BCUT2D eigenvalue weighted by Gasteiger charge is -2.17. The number of carboxylic acid groups (broad SMARTS) is 1. The standard InChI is InChI=1S/C16H21N3O4/c1-10(2)14(15(21)22)17-13(20)8-9-19-12-7-5-4-6-11(12)18(3)16(19)23/h4-7,10,14H,8-9H2,1-3H3,(H,17,20)(H,21,22)/t14-/m0/s1. The molecule has 1 aromatic heterocycles. The first-order valence-electron chi connectivity index (χ1n) is 7.49. The highest BCUT2D eigenvalue weighted by atomic mass is 16.4. The number of aryl methyl sites for hydroxylation is 2. The average Bonchev–Trinajstić information content (AvgIpc) is 2.74. The molecule has 0 radical (unpaired) electrons. The number of nitrogens with one attached hydrogen (secondary N) is 1. The van der Waals surface area contributed by atoms with Crippen LogP contribution in [0.1, 0.15) is 20.3 Å². The van der Waals surface area contributed by atoms with E-state index in [1.807, 2.05) is 24.3 Å². The number of fused-ring (bicyclic) bond motifs is 1. The SMILES string of the molecule is CC(C)[C@H](NC(=O)CCn1c(=O)n(C)c2ccccc21)C(=O)O. The normalized spacial score (nSPS) is 12.5. The highest BCUT2D eigenvalue weighted by Gasteiger charge is 2.23. The summed E-state index contributed by atoms with van der Waals surface area (Å²) in [7, 11) is 1.68. The Morgan fingerprint density at radius 2 is 1.83 bits per heavy atom. The molecule has 0 spiro atoms. The van der Waals surface area contributed by atoms with Crippen LogP contribution in [0.3, 0.4) is 0 Å². The Bertz CT molecular complexity index is 788. The molecule has 1 heterocycles. The lowest BCUT2D eigenvalue weighted by Crippen LogP contribution is -2.44. The molecule has 7 heteroatoms. The van der Waals surface area contributed by atoms with Gasteiger partial charge in [0, 0.05) is 20.0 Å². The molecule has 1 aromatic carbocycles. The van der Waals surface area contributed by atoms with Gasteiger partial charge in [0.25, 0.3) is 0 Å². The molecule has 0 unspecified atom stereocenters. The maximum Gasteiger partial charge on any atom is 0.328 e. The molecular weight excluding hydrogens is 298 g/mol. The van der Waals surface area contributed by atoms with Gasteiger partial charge in [-0.1, -0.05) is 26.0 Å². The van der Waals surface area contributed by atoms with Gasteiger partial charge in [0.2, 0.25) is 5.91 Å². The first-order chi connectivity index (χ1) is 10.8. The maximum absolute atomic E-state index is 12.2. The molecule has 23 heavy (non-hydrogen) atoms. The first-order valence-corrected chi connectivity index (χ1v) is 7.49. The fourth-order valence-electron chi connectivity index (χ4n) is 2.55. The van der Waals surface area contributed by atoms with Crippen molar-refractivity contribution in [3.05, 3.63) is 34.7 Å². The number of carbonyl (C=O) groups excluding carboxylic acids is 1. The van der Waals surface area contributed by atoms with E-state index in [0.29, 0.717) is 0 Å². The number of para-hydroxylation sites is 2. The number of carbonyl (C=O) groups is 2. The van der Waals surface area contributed by atoms with Crippen LogP contribution in [0.5, 0.6) is 0 Å². The number of benzene rings is 1. The first kappa shape index (κ1) is 16.8. The third-order valence-electron chi connectivity index (χ3n) is 3.86. The van der Waals surface area contributed by atoms with E-state index in [-0.39, 0.29) is 30.5 Å². The summed E-state index contributed by atoms with van der Waals surface area (Å²) >= 11 is 0. The molecule has 1 atom stereocenters. The maximum atomic E-state index is 12.2. The van der Waals surface area contributed by atoms with Gasteiger partial charge in [-0.05, 0) is 18.1 Å². The van der Waals surface area contributed by atoms with E-state index in [9.17, 15) is 14.4 Å². The van der Waals surface area contributed by atoms with Crippen molar-refractivity contribution in [2.24, 2.45) is 13.0 Å². The zero-order valence-corrected chi connectivity index (χ0v) is 13.4. The molecule has 7 nitrogen and oxygen atoms in total. The summed E-state index contributed by atoms with van der Waals surface area (Å²) in [6, 6.07) is 6.41. The number of carboxylic acids is 1. The highest BCUT2D eigenvalue weighted by molar-refractivity contribution is 5.83. The zero-order valence-electron chi connectivity index (χ0n) is 13.4. The number of hydrogen-bond donors (Lipinski definition) is 2. The number of amides is 1. The van der Waals surface area contributed by atoms with E-state index in [0.717, 1.165) is 11.0 Å². The third kappa shape index (κ3) is 3.44. The molecule has 1 amide bonds. The molecule has 0 bridgehead atoms. The van der Waals surface area contributed by atoms with Crippen molar-refractivity contribution in [2.75, 3.05) is 0 Å². The Labute approximate surface area is 133 Å². The molecule has 0 saturated carbocycles. The molecule has 0 aliphatic heterocycles. The van der Waals surface area contributed by atoms with Gasteiger partial charge in [-0.2, -0.15) is 0 Å². The summed E-state index contributed by atoms with van der Waals surface area (Å²) in [5.41, 5.74) is 1.35. The van der Waals surface area contributed by atoms with Crippen LogP contribution < -0.4 is 11.0 Å². The van der Waals surface area contributed by atoms with E-state index >= 15 is 0 Å². The summed E-state index contributed by atoms with van der Waals surface area (Å²) in [6.45, 7) is 3.67. The predicted octanol–water partition coefficient (Wildman–Crippen LogP) is 0.955. The fraction of sp³-hybridized carbons (Fsp3) is 0.438. The number of nitrogens with zero attached hydrogens (tertiary/aromatic N) is 2. The Morgan fingerprint density at radius 1 is 1.22 bits per heavy atom. The Kier molecular flexibility index (Phi) is 4.88. The van der Waals surface area contributed by atoms with Crippen LogP contribution in [-0.4, -0.2) is 32.2 Å². The molecule has 2 rings (SSSR count). The van der Waals surface area contributed by atoms with Gasteiger partial charge in [-0.15, -0.1) is 0 Å². The van der Waals surface area contributed by atoms with Gasteiger partial charge in [-0.25, -0.2) is 9.59 Å². The van der Waals surface area contributed by atoms with Crippen molar-refractivity contribution in [1.29, 1.82) is 0 Å². The second kappa shape index (κ2) is 6.68. The van der Waals surface area contributed by atoms with Crippen LogP contribution in [0.15, 0.2) is 29.1 Å². The number of aliphatic carboxylic acids is 1. The molecule has 0 aliphatic carbocycles. The number of rotatable bonds is 6. The smallest absolute Gasteiger partial charge is 0.328 e. The lowest BCUT2D eigenvalue weighted by atomic mass is 10.0. The van der Waals surface area contributed by atoms with Crippen molar-refractivity contribution in [1.82, 2.24) is 14.5 Å². The van der Waals surface area contributed by atoms with Crippen molar-refractivity contribution in [3.8, 4) is 0 Å². The summed E-state index contributed by atoms with van der Waals surface area (Å²) in [5, 5.41) is 11.6. The molecule has 0 aliphatic rings.